The Hall–Kier alpha value is -0.220. The molecule has 21 heavy (non-hydrogen) atoms. The van der Waals surface area contributed by atoms with Gasteiger partial charge in [0, 0.05) is 12.8 Å². The van der Waals surface area contributed by atoms with E-state index in [2.05, 4.69) is 18.4 Å². The van der Waals surface area contributed by atoms with Crippen LogP contribution in [0.15, 0.2) is 0 Å². The Bertz CT molecular complexity index is 311. The fourth-order valence-corrected chi connectivity index (χ4v) is 2.49. The minimum absolute atomic E-state index is 0.0142. The molecule has 0 saturated heterocycles. The Kier molecular flexibility index (Phi) is 12.2. The number of hydrogen-bond donors (Lipinski definition) is 2. The third-order valence-corrected chi connectivity index (χ3v) is 3.90. The molecule has 0 heterocycles. The molecular formula is C15H31O5P. The standard InChI is InChI=1S/C15H31O5P/c1-14(2)10-8-6-4-3-5-7-9-11-15(16)12-13-20-21(17,18)19/h14H,3-13H2,1-2H3,(H2,17,18,19). The second-order valence-corrected chi connectivity index (χ2v) is 7.26. The number of rotatable bonds is 14. The van der Waals surface area contributed by atoms with Gasteiger partial charge in [0.25, 0.3) is 0 Å². The van der Waals surface area contributed by atoms with Gasteiger partial charge >= 0.3 is 7.82 Å². The molecule has 0 unspecified atom stereocenters. The van der Waals surface area contributed by atoms with Crippen molar-refractivity contribution in [3.05, 3.63) is 0 Å². The van der Waals surface area contributed by atoms with Crippen molar-refractivity contribution in [1.29, 1.82) is 0 Å². The maximum Gasteiger partial charge on any atom is 0.469 e. The van der Waals surface area contributed by atoms with Gasteiger partial charge in [-0.1, -0.05) is 58.8 Å². The van der Waals surface area contributed by atoms with E-state index in [0.29, 0.717) is 6.42 Å². The lowest BCUT2D eigenvalue weighted by molar-refractivity contribution is -0.119. The quantitative estimate of drug-likeness (QED) is 0.369. The van der Waals surface area contributed by atoms with E-state index < -0.39 is 7.82 Å². The molecule has 2 N–H and O–H groups in total. The van der Waals surface area contributed by atoms with Gasteiger partial charge in [0.05, 0.1) is 6.61 Å². The summed E-state index contributed by atoms with van der Waals surface area (Å²) >= 11 is 0. The van der Waals surface area contributed by atoms with Gasteiger partial charge in [0.1, 0.15) is 5.78 Å². The maximum atomic E-state index is 11.4. The lowest BCUT2D eigenvalue weighted by Crippen LogP contribution is -2.03. The van der Waals surface area contributed by atoms with E-state index in [4.69, 9.17) is 9.79 Å². The summed E-state index contributed by atoms with van der Waals surface area (Å²) in [5, 5.41) is 0. The van der Waals surface area contributed by atoms with Crippen molar-refractivity contribution in [3.8, 4) is 0 Å². The molecule has 0 spiro atoms. The molecule has 0 saturated carbocycles. The third-order valence-electron chi connectivity index (χ3n) is 3.38. The zero-order chi connectivity index (χ0) is 16.1. The van der Waals surface area contributed by atoms with Crippen molar-refractivity contribution >= 4 is 13.6 Å². The van der Waals surface area contributed by atoms with Crippen LogP contribution in [-0.4, -0.2) is 22.2 Å². The molecule has 0 aromatic carbocycles. The number of unbranched alkanes of at least 4 members (excludes halogenated alkanes) is 6. The van der Waals surface area contributed by atoms with Gasteiger partial charge in [-0.2, -0.15) is 0 Å². The topological polar surface area (TPSA) is 83.8 Å². The zero-order valence-electron chi connectivity index (χ0n) is 13.4. The van der Waals surface area contributed by atoms with E-state index in [1.165, 1.54) is 32.1 Å². The minimum Gasteiger partial charge on any atom is -0.303 e. The highest BCUT2D eigenvalue weighted by Crippen LogP contribution is 2.35. The van der Waals surface area contributed by atoms with Crippen LogP contribution in [0.3, 0.4) is 0 Å². The van der Waals surface area contributed by atoms with Crippen LogP contribution < -0.4 is 0 Å². The molecular weight excluding hydrogens is 291 g/mol. The van der Waals surface area contributed by atoms with E-state index in [-0.39, 0.29) is 18.8 Å². The number of hydrogen-bond acceptors (Lipinski definition) is 3. The summed E-state index contributed by atoms with van der Waals surface area (Å²) in [6, 6.07) is 0. The maximum absolute atomic E-state index is 11.4. The SMILES string of the molecule is CC(C)CCCCCCCCCC(=O)CCOP(=O)(O)O. The summed E-state index contributed by atoms with van der Waals surface area (Å²) in [5.41, 5.74) is 0. The van der Waals surface area contributed by atoms with Gasteiger partial charge in [-0.3, -0.25) is 9.32 Å². The molecule has 0 aromatic rings. The van der Waals surface area contributed by atoms with Crippen LogP contribution in [-0.2, 0) is 13.9 Å². The molecule has 0 aliphatic heterocycles. The van der Waals surface area contributed by atoms with Crippen molar-refractivity contribution in [2.75, 3.05) is 6.61 Å². The molecule has 0 rings (SSSR count). The summed E-state index contributed by atoms with van der Waals surface area (Å²) in [4.78, 5) is 28.4. The van der Waals surface area contributed by atoms with Crippen LogP contribution in [0.4, 0.5) is 0 Å². The van der Waals surface area contributed by atoms with Gasteiger partial charge in [-0.05, 0) is 12.3 Å². The van der Waals surface area contributed by atoms with Crippen LogP contribution in [0.5, 0.6) is 0 Å². The highest BCUT2D eigenvalue weighted by Gasteiger charge is 2.14. The lowest BCUT2D eigenvalue weighted by atomic mass is 10.0. The van der Waals surface area contributed by atoms with Crippen LogP contribution in [0.25, 0.3) is 0 Å². The van der Waals surface area contributed by atoms with Gasteiger partial charge in [0.15, 0.2) is 0 Å². The van der Waals surface area contributed by atoms with Crippen LogP contribution in [0.1, 0.15) is 78.1 Å². The molecule has 126 valence electrons. The average molecular weight is 322 g/mol. The van der Waals surface area contributed by atoms with Gasteiger partial charge in [-0.25, -0.2) is 4.57 Å². The molecule has 0 amide bonds. The number of carbonyl (C=O) groups excluding carboxylic acids is 1. The highest BCUT2D eigenvalue weighted by atomic mass is 31.2. The van der Waals surface area contributed by atoms with Crippen LogP contribution in [0.2, 0.25) is 0 Å². The first-order valence-corrected chi connectivity index (χ1v) is 9.56. The molecule has 0 radical (unpaired) electrons. The number of ketones is 1. The third kappa shape index (κ3) is 17.7. The molecule has 0 aliphatic carbocycles. The summed E-state index contributed by atoms with van der Waals surface area (Å²) in [6.07, 6.45) is 10.1. The molecule has 6 heteroatoms. The predicted molar refractivity (Wildman–Crippen MR) is 84.0 cm³/mol. The Balaban J connectivity index is 3.27. The fourth-order valence-electron chi connectivity index (χ4n) is 2.16. The normalized spacial score (nSPS) is 12.0. The second kappa shape index (κ2) is 12.3. The average Bonchev–Trinajstić information content (AvgIpc) is 2.34. The molecule has 0 fully saturated rings. The van der Waals surface area contributed by atoms with Gasteiger partial charge in [0.2, 0.25) is 0 Å². The Morgan fingerprint density at radius 1 is 0.952 bits per heavy atom. The van der Waals surface area contributed by atoms with E-state index in [1.807, 2.05) is 0 Å². The minimum atomic E-state index is -4.43. The predicted octanol–water partition coefficient (Wildman–Crippen LogP) is 4.22. The van der Waals surface area contributed by atoms with E-state index in [0.717, 1.165) is 25.2 Å². The largest absolute Gasteiger partial charge is 0.469 e. The lowest BCUT2D eigenvalue weighted by Gasteiger charge is -2.05. The Morgan fingerprint density at radius 3 is 2.00 bits per heavy atom. The Morgan fingerprint density at radius 2 is 1.48 bits per heavy atom. The zero-order valence-corrected chi connectivity index (χ0v) is 14.3. The summed E-state index contributed by atoms with van der Waals surface area (Å²) in [5.74, 6) is 0.811. The number of phosphoric ester groups is 1. The fraction of sp³-hybridized carbons (Fsp3) is 0.933. The number of carbonyl (C=O) groups is 1. The van der Waals surface area contributed by atoms with E-state index in [9.17, 15) is 9.36 Å². The first-order chi connectivity index (χ1) is 9.81. The number of phosphoric acid groups is 1. The first-order valence-electron chi connectivity index (χ1n) is 8.03. The summed E-state index contributed by atoms with van der Waals surface area (Å²) in [7, 11) is -4.43. The summed E-state index contributed by atoms with van der Waals surface area (Å²) < 4.78 is 14.7. The molecule has 5 nitrogen and oxygen atoms in total. The Labute approximate surface area is 128 Å². The first kappa shape index (κ1) is 20.8. The van der Waals surface area contributed by atoms with Crippen LogP contribution >= 0.6 is 7.82 Å². The monoisotopic (exact) mass is 322 g/mol. The van der Waals surface area contributed by atoms with E-state index >= 15 is 0 Å². The van der Waals surface area contributed by atoms with Crippen molar-refractivity contribution in [3.63, 3.8) is 0 Å². The highest BCUT2D eigenvalue weighted by molar-refractivity contribution is 7.46. The van der Waals surface area contributed by atoms with Crippen molar-refractivity contribution < 1.29 is 23.7 Å². The smallest absolute Gasteiger partial charge is 0.303 e. The summed E-state index contributed by atoms with van der Waals surface area (Å²) in [6.45, 7) is 4.31. The second-order valence-electron chi connectivity index (χ2n) is 6.02. The van der Waals surface area contributed by atoms with Crippen molar-refractivity contribution in [2.24, 2.45) is 5.92 Å². The molecule has 0 atom stereocenters. The van der Waals surface area contributed by atoms with Gasteiger partial charge in [-0.15, -0.1) is 0 Å². The van der Waals surface area contributed by atoms with Crippen molar-refractivity contribution in [2.45, 2.75) is 78.1 Å². The van der Waals surface area contributed by atoms with Crippen molar-refractivity contribution in [1.82, 2.24) is 0 Å². The number of Topliss-reactive ketones (excluding diaryl/α,β-unsaturated/α-hetero) is 1. The van der Waals surface area contributed by atoms with E-state index in [1.54, 1.807) is 0 Å². The molecule has 0 bridgehead atoms. The van der Waals surface area contributed by atoms with Gasteiger partial charge < -0.3 is 9.79 Å². The molecule has 0 aromatic heterocycles. The molecule has 0 aliphatic rings. The van der Waals surface area contributed by atoms with Crippen LogP contribution in [0, 0.1) is 5.92 Å².